The van der Waals surface area contributed by atoms with Crippen molar-refractivity contribution in [2.45, 2.75) is 38.0 Å². The normalized spacial score (nSPS) is 16.5. The van der Waals surface area contributed by atoms with Crippen LogP contribution < -0.4 is 5.73 Å². The third kappa shape index (κ3) is 1.88. The summed E-state index contributed by atoms with van der Waals surface area (Å²) in [5, 5.41) is 6.48. The van der Waals surface area contributed by atoms with E-state index in [0.717, 1.165) is 30.5 Å². The molecule has 5 heteroatoms. The summed E-state index contributed by atoms with van der Waals surface area (Å²) in [5.41, 5.74) is 6.70. The zero-order valence-corrected chi connectivity index (χ0v) is 8.52. The van der Waals surface area contributed by atoms with Crippen molar-refractivity contribution in [1.82, 2.24) is 10.2 Å². The van der Waals surface area contributed by atoms with E-state index in [2.05, 4.69) is 10.2 Å². The minimum absolute atomic E-state index is 0.0192. The molecule has 3 nitrogen and oxygen atoms in total. The lowest BCUT2D eigenvalue weighted by Crippen LogP contribution is -2.21. The van der Waals surface area contributed by atoms with E-state index in [1.54, 1.807) is 0 Å². The Kier molecular flexibility index (Phi) is 2.73. The van der Waals surface area contributed by atoms with Crippen LogP contribution in [0.5, 0.6) is 0 Å². The van der Waals surface area contributed by atoms with Crippen molar-refractivity contribution >= 4 is 0 Å². The van der Waals surface area contributed by atoms with Gasteiger partial charge in [0.2, 0.25) is 0 Å². The maximum Gasteiger partial charge on any atom is 0.292 e. The molecule has 0 unspecified atom stereocenters. The number of aromatic amines is 1. The van der Waals surface area contributed by atoms with Crippen molar-refractivity contribution in [1.29, 1.82) is 0 Å². The number of aryl methyl sites for hydroxylation is 1. The minimum Gasteiger partial charge on any atom is -0.330 e. The van der Waals surface area contributed by atoms with Crippen LogP contribution in [0, 0.1) is 0 Å². The molecule has 0 saturated carbocycles. The van der Waals surface area contributed by atoms with Gasteiger partial charge in [-0.05, 0) is 32.2 Å². The number of hydrogen-bond acceptors (Lipinski definition) is 2. The molecule has 84 valence electrons. The van der Waals surface area contributed by atoms with Crippen molar-refractivity contribution in [2.75, 3.05) is 6.54 Å². The van der Waals surface area contributed by atoms with Gasteiger partial charge in [-0.2, -0.15) is 13.9 Å². The lowest BCUT2D eigenvalue weighted by atomic mass is 9.93. The van der Waals surface area contributed by atoms with Crippen LogP contribution in [0.3, 0.4) is 0 Å². The fraction of sp³-hybridized carbons (Fsp3) is 0.700. The number of alkyl halides is 2. The highest BCUT2D eigenvalue weighted by Gasteiger charge is 2.37. The van der Waals surface area contributed by atoms with E-state index in [-0.39, 0.29) is 18.7 Å². The van der Waals surface area contributed by atoms with Gasteiger partial charge in [-0.1, -0.05) is 0 Å². The highest BCUT2D eigenvalue weighted by molar-refractivity contribution is 5.30. The second-order valence-electron chi connectivity index (χ2n) is 3.98. The fourth-order valence-corrected chi connectivity index (χ4v) is 2.08. The molecule has 1 aliphatic carbocycles. The molecule has 1 aromatic rings. The van der Waals surface area contributed by atoms with Gasteiger partial charge in [0.1, 0.15) is 5.69 Å². The maximum atomic E-state index is 13.6. The Morgan fingerprint density at radius 3 is 2.80 bits per heavy atom. The van der Waals surface area contributed by atoms with Crippen LogP contribution in [0.25, 0.3) is 0 Å². The summed E-state index contributed by atoms with van der Waals surface area (Å²) in [7, 11) is 0. The van der Waals surface area contributed by atoms with E-state index in [1.165, 1.54) is 0 Å². The second-order valence-corrected chi connectivity index (χ2v) is 3.98. The molecule has 0 fully saturated rings. The molecule has 1 heterocycles. The molecular formula is C10H15F2N3. The minimum atomic E-state index is -2.88. The van der Waals surface area contributed by atoms with Gasteiger partial charge >= 0.3 is 0 Å². The predicted octanol–water partition coefficient (Wildman–Crippen LogP) is 1.73. The van der Waals surface area contributed by atoms with Crippen LogP contribution in [0.2, 0.25) is 0 Å². The monoisotopic (exact) mass is 215 g/mol. The molecule has 0 aliphatic heterocycles. The number of rotatable bonds is 3. The Morgan fingerprint density at radius 1 is 1.33 bits per heavy atom. The first-order valence-corrected chi connectivity index (χ1v) is 5.29. The average Bonchev–Trinajstić information content (AvgIpc) is 2.61. The molecule has 0 atom stereocenters. The Labute approximate surface area is 87.0 Å². The molecule has 1 aliphatic rings. The largest absolute Gasteiger partial charge is 0.330 e. The lowest BCUT2D eigenvalue weighted by molar-refractivity contribution is -0.0161. The number of aromatic nitrogens is 2. The highest BCUT2D eigenvalue weighted by atomic mass is 19.3. The predicted molar refractivity (Wildman–Crippen MR) is 52.8 cm³/mol. The molecule has 0 saturated heterocycles. The third-order valence-electron chi connectivity index (χ3n) is 2.86. The number of nitrogens with two attached hydrogens (primary N) is 1. The summed E-state index contributed by atoms with van der Waals surface area (Å²) in [6.45, 7) is -0.0192. The SMILES string of the molecule is NCCC(F)(F)c1n[nH]c2c1CCCC2. The summed E-state index contributed by atoms with van der Waals surface area (Å²) in [6.07, 6.45) is 3.24. The molecule has 2 rings (SSSR count). The first kappa shape index (κ1) is 10.5. The Bertz CT molecular complexity index is 346. The Balaban J connectivity index is 2.32. The second kappa shape index (κ2) is 3.89. The van der Waals surface area contributed by atoms with Crippen LogP contribution in [0.4, 0.5) is 8.78 Å². The maximum absolute atomic E-state index is 13.6. The number of hydrogen-bond donors (Lipinski definition) is 2. The van der Waals surface area contributed by atoms with Crippen molar-refractivity contribution in [2.24, 2.45) is 5.73 Å². The van der Waals surface area contributed by atoms with E-state index < -0.39 is 5.92 Å². The van der Waals surface area contributed by atoms with Gasteiger partial charge in [-0.3, -0.25) is 5.10 Å². The standard InChI is InChI=1S/C10H15F2N3/c11-10(12,5-6-13)9-7-3-1-2-4-8(7)14-15-9/h1-6,13H2,(H,14,15). The zero-order chi connectivity index (χ0) is 10.9. The molecule has 0 aromatic carbocycles. The van der Waals surface area contributed by atoms with Crippen molar-refractivity contribution < 1.29 is 8.78 Å². The quantitative estimate of drug-likeness (QED) is 0.806. The molecule has 0 radical (unpaired) electrons. The van der Waals surface area contributed by atoms with Gasteiger partial charge in [-0.25, -0.2) is 0 Å². The van der Waals surface area contributed by atoms with Gasteiger partial charge in [0, 0.05) is 17.7 Å². The van der Waals surface area contributed by atoms with Gasteiger partial charge in [0.05, 0.1) is 0 Å². The van der Waals surface area contributed by atoms with E-state index in [9.17, 15) is 8.78 Å². The Morgan fingerprint density at radius 2 is 2.07 bits per heavy atom. The molecule has 0 amide bonds. The number of halogens is 2. The van der Waals surface area contributed by atoms with Crippen LogP contribution in [-0.4, -0.2) is 16.7 Å². The zero-order valence-electron chi connectivity index (χ0n) is 8.52. The smallest absolute Gasteiger partial charge is 0.292 e. The fourth-order valence-electron chi connectivity index (χ4n) is 2.08. The highest BCUT2D eigenvalue weighted by Crippen LogP contribution is 2.35. The first-order valence-electron chi connectivity index (χ1n) is 5.29. The molecule has 3 N–H and O–H groups in total. The van der Waals surface area contributed by atoms with Gasteiger partial charge in [-0.15, -0.1) is 0 Å². The van der Waals surface area contributed by atoms with Crippen LogP contribution >= 0.6 is 0 Å². The summed E-state index contributed by atoms with van der Waals surface area (Å²) >= 11 is 0. The van der Waals surface area contributed by atoms with Crippen molar-refractivity contribution in [3.63, 3.8) is 0 Å². The van der Waals surface area contributed by atoms with E-state index in [0.29, 0.717) is 6.42 Å². The summed E-state index contributed by atoms with van der Waals surface area (Å²) in [4.78, 5) is 0. The molecule has 0 spiro atoms. The lowest BCUT2D eigenvalue weighted by Gasteiger charge is -2.17. The molecule has 0 bridgehead atoms. The molecular weight excluding hydrogens is 200 g/mol. The van der Waals surface area contributed by atoms with Gasteiger partial charge < -0.3 is 5.73 Å². The third-order valence-corrected chi connectivity index (χ3v) is 2.86. The number of nitrogens with one attached hydrogen (secondary N) is 1. The van der Waals surface area contributed by atoms with Crippen molar-refractivity contribution in [3.05, 3.63) is 17.0 Å². The summed E-state index contributed by atoms with van der Waals surface area (Å²) < 4.78 is 27.2. The Hall–Kier alpha value is -0.970. The van der Waals surface area contributed by atoms with Crippen molar-refractivity contribution in [3.8, 4) is 0 Å². The summed E-state index contributed by atoms with van der Waals surface area (Å²) in [6, 6.07) is 0. The van der Waals surface area contributed by atoms with Crippen LogP contribution in [-0.2, 0) is 18.8 Å². The van der Waals surface area contributed by atoms with Crippen LogP contribution in [0.1, 0.15) is 36.2 Å². The van der Waals surface area contributed by atoms with Gasteiger partial charge in [0.15, 0.2) is 0 Å². The van der Waals surface area contributed by atoms with Gasteiger partial charge in [0.25, 0.3) is 5.92 Å². The first-order chi connectivity index (χ1) is 7.15. The topological polar surface area (TPSA) is 54.7 Å². The molecule has 15 heavy (non-hydrogen) atoms. The van der Waals surface area contributed by atoms with E-state index in [1.807, 2.05) is 0 Å². The number of H-pyrrole nitrogens is 1. The number of nitrogens with zero attached hydrogens (tertiary/aromatic N) is 1. The van der Waals surface area contributed by atoms with E-state index in [4.69, 9.17) is 5.73 Å². The number of fused-ring (bicyclic) bond motifs is 1. The summed E-state index contributed by atoms with van der Waals surface area (Å²) in [5.74, 6) is -2.88. The van der Waals surface area contributed by atoms with Crippen LogP contribution in [0.15, 0.2) is 0 Å². The molecule has 1 aromatic heterocycles. The van der Waals surface area contributed by atoms with E-state index >= 15 is 0 Å². The average molecular weight is 215 g/mol.